The maximum atomic E-state index is 12.8. The summed E-state index contributed by atoms with van der Waals surface area (Å²) in [6, 6.07) is 7.06. The Morgan fingerprint density at radius 1 is 1.15 bits per heavy atom. The Morgan fingerprint density at radius 3 is 2.68 bits per heavy atom. The summed E-state index contributed by atoms with van der Waals surface area (Å²) in [6.45, 7) is 5.49. The van der Waals surface area contributed by atoms with Crippen LogP contribution in [0.4, 0.5) is 5.69 Å². The van der Waals surface area contributed by atoms with Crippen LogP contribution in [0, 0.1) is 11.8 Å². The molecular formula is C27H40N2O5. The second-order valence-electron chi connectivity index (χ2n) is 9.19. The molecule has 34 heavy (non-hydrogen) atoms. The molecule has 1 saturated heterocycles. The number of nitrogens with one attached hydrogen (secondary N) is 2. The second-order valence-corrected chi connectivity index (χ2v) is 9.19. The lowest BCUT2D eigenvalue weighted by Gasteiger charge is -2.30. The number of amides is 1. The first-order valence-electron chi connectivity index (χ1n) is 12.8. The van der Waals surface area contributed by atoms with Gasteiger partial charge in [0.2, 0.25) is 5.91 Å². The van der Waals surface area contributed by atoms with Crippen LogP contribution < -0.4 is 10.6 Å². The van der Waals surface area contributed by atoms with E-state index in [0.29, 0.717) is 29.5 Å². The van der Waals surface area contributed by atoms with E-state index in [0.717, 1.165) is 56.7 Å². The SMILES string of the molecule is CCOCCCCOC.O=Cc1cc2cc(NC(=O)C3NCCC3C3CCCCC3)ccc2o1. The van der Waals surface area contributed by atoms with Crippen LogP contribution in [0.25, 0.3) is 11.0 Å². The number of ether oxygens (including phenoxy) is 2. The lowest BCUT2D eigenvalue weighted by Crippen LogP contribution is -2.42. The zero-order valence-corrected chi connectivity index (χ0v) is 20.6. The fourth-order valence-corrected chi connectivity index (χ4v) is 5.10. The number of benzene rings is 1. The molecule has 0 radical (unpaired) electrons. The first-order valence-corrected chi connectivity index (χ1v) is 12.8. The van der Waals surface area contributed by atoms with E-state index in [1.165, 1.54) is 32.1 Å². The van der Waals surface area contributed by atoms with Crippen molar-refractivity contribution in [3.05, 3.63) is 30.0 Å². The molecule has 1 aromatic carbocycles. The number of hydrogen-bond acceptors (Lipinski definition) is 6. The van der Waals surface area contributed by atoms with Crippen LogP contribution in [0.2, 0.25) is 0 Å². The molecule has 1 amide bonds. The van der Waals surface area contributed by atoms with E-state index >= 15 is 0 Å². The molecule has 2 fully saturated rings. The first-order chi connectivity index (χ1) is 16.7. The summed E-state index contributed by atoms with van der Waals surface area (Å²) >= 11 is 0. The highest BCUT2D eigenvalue weighted by molar-refractivity contribution is 5.97. The van der Waals surface area contributed by atoms with Gasteiger partial charge in [-0.25, -0.2) is 0 Å². The van der Waals surface area contributed by atoms with Gasteiger partial charge in [0.25, 0.3) is 0 Å². The highest BCUT2D eigenvalue weighted by atomic mass is 16.5. The van der Waals surface area contributed by atoms with Crippen LogP contribution >= 0.6 is 0 Å². The van der Waals surface area contributed by atoms with Crippen LogP contribution in [-0.4, -0.2) is 51.7 Å². The standard InChI is InChI=1S/C20H24N2O3.C7H16O2/c23-12-16-11-14-10-15(6-7-18(14)25-16)22-20(24)19-17(8-9-21-19)13-4-2-1-3-5-13;1-3-9-7-5-4-6-8-2/h6-7,10-13,17,19,21H,1-5,8-9H2,(H,22,24);3-7H2,1-2H3. The number of unbranched alkanes of at least 4 members (excludes halogenated alkanes) is 1. The largest absolute Gasteiger partial charge is 0.453 e. The van der Waals surface area contributed by atoms with E-state index in [-0.39, 0.29) is 11.9 Å². The molecule has 1 saturated carbocycles. The summed E-state index contributed by atoms with van der Waals surface area (Å²) in [7, 11) is 1.72. The predicted molar refractivity (Wildman–Crippen MR) is 134 cm³/mol. The molecule has 0 spiro atoms. The second kappa shape index (κ2) is 14.2. The molecule has 7 heteroatoms. The molecule has 1 aromatic heterocycles. The highest BCUT2D eigenvalue weighted by Crippen LogP contribution is 2.36. The number of anilines is 1. The smallest absolute Gasteiger partial charge is 0.241 e. The number of rotatable bonds is 10. The molecule has 2 unspecified atom stereocenters. The number of aldehydes is 1. The average molecular weight is 473 g/mol. The minimum Gasteiger partial charge on any atom is -0.453 e. The summed E-state index contributed by atoms with van der Waals surface area (Å²) in [4.78, 5) is 23.6. The van der Waals surface area contributed by atoms with Gasteiger partial charge in [-0.2, -0.15) is 0 Å². The van der Waals surface area contributed by atoms with Gasteiger partial charge in [-0.3, -0.25) is 9.59 Å². The minimum atomic E-state index is -0.103. The van der Waals surface area contributed by atoms with Crippen molar-refractivity contribution in [2.45, 2.75) is 64.3 Å². The molecule has 7 nitrogen and oxygen atoms in total. The average Bonchev–Trinajstić information content (AvgIpc) is 3.52. The Kier molecular flexibility index (Phi) is 11.1. The van der Waals surface area contributed by atoms with Gasteiger partial charge in [0.05, 0.1) is 6.04 Å². The quantitative estimate of drug-likeness (QED) is 0.365. The summed E-state index contributed by atoms with van der Waals surface area (Å²) in [6.07, 6.45) is 10.4. The molecule has 1 aliphatic carbocycles. The Labute approximate surface area is 202 Å². The molecule has 2 aromatic rings. The normalized spacial score (nSPS) is 20.6. The summed E-state index contributed by atoms with van der Waals surface area (Å²) in [5.74, 6) is 1.46. The van der Waals surface area contributed by atoms with E-state index in [1.54, 1.807) is 19.2 Å². The van der Waals surface area contributed by atoms with Gasteiger partial charge in [-0.1, -0.05) is 32.1 Å². The van der Waals surface area contributed by atoms with E-state index in [9.17, 15) is 9.59 Å². The van der Waals surface area contributed by atoms with Gasteiger partial charge in [0, 0.05) is 38.0 Å². The third-order valence-corrected chi connectivity index (χ3v) is 6.82. The van der Waals surface area contributed by atoms with Crippen molar-refractivity contribution in [2.75, 3.05) is 38.8 Å². The van der Waals surface area contributed by atoms with Crippen molar-refractivity contribution in [3.8, 4) is 0 Å². The number of carbonyl (C=O) groups excluding carboxylic acids is 2. The van der Waals surface area contributed by atoms with Gasteiger partial charge in [-0.05, 0) is 68.8 Å². The van der Waals surface area contributed by atoms with E-state index in [1.807, 2.05) is 19.1 Å². The third kappa shape index (κ3) is 7.65. The number of fused-ring (bicyclic) bond motifs is 1. The molecule has 1 aliphatic heterocycles. The molecular weight excluding hydrogens is 432 g/mol. The summed E-state index contributed by atoms with van der Waals surface area (Å²) < 4.78 is 15.4. The van der Waals surface area contributed by atoms with E-state index < -0.39 is 0 Å². The zero-order valence-electron chi connectivity index (χ0n) is 20.6. The van der Waals surface area contributed by atoms with Gasteiger partial charge < -0.3 is 24.5 Å². The molecule has 188 valence electrons. The topological polar surface area (TPSA) is 89.8 Å². The van der Waals surface area contributed by atoms with Crippen LogP contribution in [-0.2, 0) is 14.3 Å². The molecule has 2 N–H and O–H groups in total. The molecule has 2 aliphatic rings. The van der Waals surface area contributed by atoms with Gasteiger partial charge in [0.15, 0.2) is 12.0 Å². The minimum absolute atomic E-state index is 0.0477. The fourth-order valence-electron chi connectivity index (χ4n) is 5.10. The van der Waals surface area contributed by atoms with Crippen molar-refractivity contribution in [1.82, 2.24) is 5.32 Å². The van der Waals surface area contributed by atoms with Crippen LogP contribution in [0.15, 0.2) is 28.7 Å². The van der Waals surface area contributed by atoms with Crippen molar-refractivity contribution in [3.63, 3.8) is 0 Å². The highest BCUT2D eigenvalue weighted by Gasteiger charge is 2.38. The van der Waals surface area contributed by atoms with Crippen molar-refractivity contribution in [1.29, 1.82) is 0 Å². The molecule has 2 atom stereocenters. The summed E-state index contributed by atoms with van der Waals surface area (Å²) in [5.41, 5.74) is 1.39. The number of methoxy groups -OCH3 is 1. The van der Waals surface area contributed by atoms with Crippen molar-refractivity contribution in [2.24, 2.45) is 11.8 Å². The lowest BCUT2D eigenvalue weighted by atomic mass is 9.76. The zero-order chi connectivity index (χ0) is 24.2. The van der Waals surface area contributed by atoms with Gasteiger partial charge >= 0.3 is 0 Å². The Balaban J connectivity index is 0.000000309. The van der Waals surface area contributed by atoms with Crippen molar-refractivity contribution < 1.29 is 23.5 Å². The maximum Gasteiger partial charge on any atom is 0.241 e. The third-order valence-electron chi connectivity index (χ3n) is 6.82. The van der Waals surface area contributed by atoms with Crippen LogP contribution in [0.3, 0.4) is 0 Å². The molecule has 2 heterocycles. The lowest BCUT2D eigenvalue weighted by molar-refractivity contribution is -0.119. The van der Waals surface area contributed by atoms with Gasteiger partial charge in [0.1, 0.15) is 5.58 Å². The Bertz CT molecular complexity index is 884. The van der Waals surface area contributed by atoms with E-state index in [2.05, 4.69) is 10.6 Å². The summed E-state index contributed by atoms with van der Waals surface area (Å²) in [5, 5.41) is 7.26. The first kappa shape index (κ1) is 26.4. The fraction of sp³-hybridized carbons (Fsp3) is 0.630. The monoisotopic (exact) mass is 472 g/mol. The van der Waals surface area contributed by atoms with Crippen LogP contribution in [0.1, 0.15) is 68.8 Å². The predicted octanol–water partition coefficient (Wildman–Crippen LogP) is 5.19. The number of furan rings is 1. The van der Waals surface area contributed by atoms with Gasteiger partial charge in [-0.15, -0.1) is 0 Å². The van der Waals surface area contributed by atoms with Crippen molar-refractivity contribution >= 4 is 28.8 Å². The van der Waals surface area contributed by atoms with Crippen LogP contribution in [0.5, 0.6) is 0 Å². The molecule has 0 bridgehead atoms. The Morgan fingerprint density at radius 2 is 1.94 bits per heavy atom. The maximum absolute atomic E-state index is 12.8. The molecule has 4 rings (SSSR count). The van der Waals surface area contributed by atoms with E-state index in [4.69, 9.17) is 13.9 Å². The Hall–Kier alpha value is -2.22. The number of carbonyl (C=O) groups is 2. The number of hydrogen-bond donors (Lipinski definition) is 2.